The molecule has 1 heterocycles. The Morgan fingerprint density at radius 3 is 0.875 bits per heavy atom. The minimum Gasteiger partial charge on any atom is -0.311 e. The number of hydrogen-bond donors (Lipinski definition) is 0. The fraction of sp³-hybridized carbons (Fsp3) is 0. The molecule has 0 amide bonds. The lowest BCUT2D eigenvalue weighted by molar-refractivity contribution is 1.27. The molecule has 0 saturated heterocycles. The minimum atomic E-state index is 0.910. The van der Waals surface area contributed by atoms with E-state index in [9.17, 15) is 0 Å². The molecule has 230 valence electrons. The van der Waals surface area contributed by atoms with Crippen LogP contribution in [-0.2, 0) is 0 Å². The van der Waals surface area contributed by atoms with Crippen LogP contribution in [0.3, 0.4) is 0 Å². The van der Waals surface area contributed by atoms with Crippen LogP contribution in [0.5, 0.6) is 0 Å². The molecule has 1 aromatic heterocycles. The smallest absolute Gasteiger partial charge is 0.0637 e. The number of rotatable bonds is 10. The quantitative estimate of drug-likeness (QED) is 0.152. The predicted octanol–water partition coefficient (Wildman–Crippen LogP) is 12.4. The summed E-state index contributed by atoms with van der Waals surface area (Å²) in [5, 5.41) is 0. The first-order chi connectivity index (χ1) is 23.8. The van der Waals surface area contributed by atoms with Gasteiger partial charge in [-0.3, -0.25) is 0 Å². The zero-order valence-electron chi connectivity index (χ0n) is 26.5. The van der Waals surface area contributed by atoms with Crippen LogP contribution in [0.25, 0.3) is 24.3 Å². The van der Waals surface area contributed by atoms with Gasteiger partial charge in [-0.25, -0.2) is 4.98 Å². The summed E-state index contributed by atoms with van der Waals surface area (Å²) in [6.07, 6.45) is 8.35. The highest BCUT2D eigenvalue weighted by atomic mass is 15.1. The van der Waals surface area contributed by atoms with Crippen LogP contribution in [0.1, 0.15) is 22.5 Å². The van der Waals surface area contributed by atoms with Crippen molar-refractivity contribution in [2.75, 3.05) is 9.80 Å². The van der Waals surface area contributed by atoms with E-state index in [1.54, 1.807) is 0 Å². The number of hydrogen-bond acceptors (Lipinski definition) is 3. The van der Waals surface area contributed by atoms with Gasteiger partial charge in [0.2, 0.25) is 0 Å². The summed E-state index contributed by atoms with van der Waals surface area (Å²) in [4.78, 5) is 9.39. The van der Waals surface area contributed by atoms with E-state index < -0.39 is 0 Å². The standard InChI is InChI=1S/C45H35N3/c1-5-16-40(17-6-1)47(41-18-7-2-8-19-41)44-32-26-36(27-33-44)24-30-38-14-13-15-39(46-38)31-25-37-28-34-45(35-29-37)48(42-20-9-3-10-21-42)43-22-11-4-12-23-43/h1-35H/b30-24+,31-25+. The van der Waals surface area contributed by atoms with Crippen molar-refractivity contribution in [2.24, 2.45) is 0 Å². The van der Waals surface area contributed by atoms with Crippen molar-refractivity contribution in [1.29, 1.82) is 0 Å². The van der Waals surface area contributed by atoms with Crippen molar-refractivity contribution in [3.63, 3.8) is 0 Å². The molecule has 0 atom stereocenters. The Morgan fingerprint density at radius 1 is 0.271 bits per heavy atom. The van der Waals surface area contributed by atoms with Crippen LogP contribution in [-0.4, -0.2) is 4.98 Å². The van der Waals surface area contributed by atoms with Crippen molar-refractivity contribution < 1.29 is 0 Å². The van der Waals surface area contributed by atoms with Gasteiger partial charge in [-0.2, -0.15) is 0 Å². The molecule has 0 aliphatic heterocycles. The van der Waals surface area contributed by atoms with Crippen LogP contribution in [0.15, 0.2) is 188 Å². The second-order valence-corrected chi connectivity index (χ2v) is 11.4. The third kappa shape index (κ3) is 7.33. The molecule has 0 aliphatic rings. The SMILES string of the molecule is C(=C\c1cccc(/C=C/c2ccc(N(c3ccccc3)c3ccccc3)cc2)n1)/c1ccc(N(c2ccccc2)c2ccccc2)cc1. The van der Waals surface area contributed by atoms with Crippen molar-refractivity contribution in [3.05, 3.63) is 211 Å². The Hall–Kier alpha value is -6.45. The van der Waals surface area contributed by atoms with Crippen LogP contribution >= 0.6 is 0 Å². The Bertz CT molecular complexity index is 1860. The lowest BCUT2D eigenvalue weighted by atomic mass is 10.1. The summed E-state index contributed by atoms with van der Waals surface area (Å²) in [7, 11) is 0. The van der Waals surface area contributed by atoms with E-state index in [4.69, 9.17) is 4.98 Å². The van der Waals surface area contributed by atoms with Crippen molar-refractivity contribution in [1.82, 2.24) is 4.98 Å². The summed E-state index contributed by atoms with van der Waals surface area (Å²) < 4.78 is 0. The monoisotopic (exact) mass is 617 g/mol. The van der Waals surface area contributed by atoms with Crippen LogP contribution < -0.4 is 9.80 Å². The number of benzene rings is 6. The predicted molar refractivity (Wildman–Crippen MR) is 204 cm³/mol. The van der Waals surface area contributed by atoms with Crippen LogP contribution in [0.2, 0.25) is 0 Å². The van der Waals surface area contributed by atoms with Crippen molar-refractivity contribution in [2.45, 2.75) is 0 Å². The summed E-state index contributed by atoms with van der Waals surface area (Å²) in [6, 6.07) is 65.2. The normalized spacial score (nSPS) is 11.2. The largest absolute Gasteiger partial charge is 0.311 e. The second-order valence-electron chi connectivity index (χ2n) is 11.4. The molecule has 0 aliphatic carbocycles. The second kappa shape index (κ2) is 14.8. The summed E-state index contributed by atoms with van der Waals surface area (Å²) in [5.74, 6) is 0. The van der Waals surface area contributed by atoms with E-state index in [1.165, 1.54) is 0 Å². The molecule has 0 spiro atoms. The molecule has 7 aromatic rings. The lowest BCUT2D eigenvalue weighted by Gasteiger charge is -2.25. The van der Waals surface area contributed by atoms with E-state index in [0.717, 1.165) is 56.6 Å². The van der Waals surface area contributed by atoms with Gasteiger partial charge in [-0.15, -0.1) is 0 Å². The molecule has 0 saturated carbocycles. The Morgan fingerprint density at radius 2 is 0.562 bits per heavy atom. The van der Waals surface area contributed by atoms with E-state index in [2.05, 4.69) is 180 Å². The van der Waals surface area contributed by atoms with Gasteiger partial charge in [-0.1, -0.05) is 115 Å². The van der Waals surface area contributed by atoms with E-state index in [-0.39, 0.29) is 0 Å². The maximum atomic E-state index is 4.86. The average molecular weight is 618 g/mol. The average Bonchev–Trinajstić information content (AvgIpc) is 3.16. The fourth-order valence-corrected chi connectivity index (χ4v) is 5.69. The van der Waals surface area contributed by atoms with Gasteiger partial charge in [0.25, 0.3) is 0 Å². The molecule has 6 aromatic carbocycles. The van der Waals surface area contributed by atoms with Gasteiger partial charge in [0, 0.05) is 34.1 Å². The van der Waals surface area contributed by atoms with Gasteiger partial charge < -0.3 is 9.80 Å². The first-order valence-electron chi connectivity index (χ1n) is 16.1. The Labute approximate surface area is 283 Å². The number of aromatic nitrogens is 1. The number of nitrogens with zero attached hydrogens (tertiary/aromatic N) is 3. The highest BCUT2D eigenvalue weighted by molar-refractivity contribution is 5.79. The number of anilines is 6. The Balaban J connectivity index is 1.05. The zero-order chi connectivity index (χ0) is 32.4. The third-order valence-corrected chi connectivity index (χ3v) is 8.05. The molecule has 0 fully saturated rings. The molecular weight excluding hydrogens is 583 g/mol. The van der Waals surface area contributed by atoms with Gasteiger partial charge >= 0.3 is 0 Å². The highest BCUT2D eigenvalue weighted by Gasteiger charge is 2.12. The molecule has 0 bridgehead atoms. The summed E-state index contributed by atoms with van der Waals surface area (Å²) >= 11 is 0. The zero-order valence-corrected chi connectivity index (χ0v) is 26.5. The first-order valence-corrected chi connectivity index (χ1v) is 16.1. The van der Waals surface area contributed by atoms with Crippen LogP contribution in [0.4, 0.5) is 34.1 Å². The molecule has 0 radical (unpaired) electrons. The van der Waals surface area contributed by atoms with E-state index in [0.29, 0.717) is 0 Å². The topological polar surface area (TPSA) is 19.4 Å². The molecule has 0 N–H and O–H groups in total. The molecule has 3 heteroatoms. The van der Waals surface area contributed by atoms with Crippen LogP contribution in [0, 0.1) is 0 Å². The van der Waals surface area contributed by atoms with Gasteiger partial charge in [0.1, 0.15) is 0 Å². The van der Waals surface area contributed by atoms with Crippen molar-refractivity contribution in [3.8, 4) is 0 Å². The molecular formula is C45H35N3. The summed E-state index contributed by atoms with van der Waals surface area (Å²) in [6.45, 7) is 0. The summed E-state index contributed by atoms with van der Waals surface area (Å²) in [5.41, 5.74) is 10.8. The minimum absolute atomic E-state index is 0.910. The number of para-hydroxylation sites is 4. The first kappa shape index (κ1) is 30.2. The lowest BCUT2D eigenvalue weighted by Crippen LogP contribution is -2.09. The van der Waals surface area contributed by atoms with E-state index >= 15 is 0 Å². The molecule has 3 nitrogen and oxygen atoms in total. The maximum Gasteiger partial charge on any atom is 0.0637 e. The molecule has 48 heavy (non-hydrogen) atoms. The van der Waals surface area contributed by atoms with Gasteiger partial charge in [0.05, 0.1) is 11.4 Å². The van der Waals surface area contributed by atoms with Gasteiger partial charge in [0.15, 0.2) is 0 Å². The van der Waals surface area contributed by atoms with Crippen molar-refractivity contribution >= 4 is 58.4 Å². The highest BCUT2D eigenvalue weighted by Crippen LogP contribution is 2.35. The molecule has 0 unspecified atom stereocenters. The van der Waals surface area contributed by atoms with Gasteiger partial charge in [-0.05, 0) is 108 Å². The Kier molecular flexibility index (Phi) is 9.29. The van der Waals surface area contributed by atoms with E-state index in [1.807, 2.05) is 42.5 Å². The maximum absolute atomic E-state index is 4.86. The molecule has 7 rings (SSSR count). The third-order valence-electron chi connectivity index (χ3n) is 8.05. The number of pyridine rings is 1. The fourth-order valence-electron chi connectivity index (χ4n) is 5.69.